The molecule has 0 spiro atoms. The quantitative estimate of drug-likeness (QED) is 0.708. The Balaban J connectivity index is 2.46. The van der Waals surface area contributed by atoms with Gasteiger partial charge in [-0.15, -0.1) is 11.3 Å². The van der Waals surface area contributed by atoms with Crippen LogP contribution in [0, 0.1) is 0 Å². The molecule has 0 saturated heterocycles. The number of hydrogen-bond donors (Lipinski definition) is 0. The van der Waals surface area contributed by atoms with Crippen molar-refractivity contribution in [3.05, 3.63) is 15.5 Å². The van der Waals surface area contributed by atoms with Crippen LogP contribution < -0.4 is 0 Å². The summed E-state index contributed by atoms with van der Waals surface area (Å²) in [5.41, 5.74) is 0. The molecule has 1 aromatic rings. The Morgan fingerprint density at radius 2 is 2.58 bits per heavy atom. The number of nitrogens with zero attached hydrogens (tertiary/aromatic N) is 1. The van der Waals surface area contributed by atoms with Crippen LogP contribution in [0.5, 0.6) is 0 Å². The van der Waals surface area contributed by atoms with Gasteiger partial charge >= 0.3 is 5.97 Å². The normalized spacial score (nSPS) is 9.83. The van der Waals surface area contributed by atoms with Crippen molar-refractivity contribution >= 4 is 28.9 Å². The number of ether oxygens (including phenoxy) is 1. The lowest BCUT2D eigenvalue weighted by Crippen LogP contribution is -2.06. The van der Waals surface area contributed by atoms with Gasteiger partial charge in [0, 0.05) is 5.38 Å². The summed E-state index contributed by atoms with van der Waals surface area (Å²) in [6.07, 6.45) is 0.214. The molecule has 3 nitrogen and oxygen atoms in total. The summed E-state index contributed by atoms with van der Waals surface area (Å²) >= 11 is 6.93. The zero-order valence-electron chi connectivity index (χ0n) is 6.54. The SMILES string of the molecule is CCOC(=O)Cc1nc(Cl)cs1. The molecule has 1 rings (SSSR count). The molecule has 0 aliphatic carbocycles. The molecule has 0 aliphatic rings. The van der Waals surface area contributed by atoms with Crippen molar-refractivity contribution in [3.8, 4) is 0 Å². The first kappa shape index (κ1) is 9.48. The van der Waals surface area contributed by atoms with Crippen molar-refractivity contribution in [2.45, 2.75) is 13.3 Å². The molecule has 0 amide bonds. The molecule has 1 aromatic heterocycles. The van der Waals surface area contributed by atoms with Crippen molar-refractivity contribution in [2.75, 3.05) is 6.61 Å². The fourth-order valence-electron chi connectivity index (χ4n) is 0.705. The van der Waals surface area contributed by atoms with E-state index in [1.165, 1.54) is 11.3 Å². The number of carbonyl (C=O) groups is 1. The molecule has 0 bridgehead atoms. The summed E-state index contributed by atoms with van der Waals surface area (Å²) < 4.78 is 4.74. The first-order chi connectivity index (χ1) is 5.72. The molecule has 12 heavy (non-hydrogen) atoms. The molecule has 0 N–H and O–H groups in total. The second-order valence-corrected chi connectivity index (χ2v) is 3.38. The van der Waals surface area contributed by atoms with Crippen LogP contribution in [0.15, 0.2) is 5.38 Å². The van der Waals surface area contributed by atoms with Crippen LogP contribution in [0.4, 0.5) is 0 Å². The van der Waals surface area contributed by atoms with Crippen molar-refractivity contribution in [3.63, 3.8) is 0 Å². The van der Waals surface area contributed by atoms with Crippen LogP contribution in [0.1, 0.15) is 11.9 Å². The monoisotopic (exact) mass is 205 g/mol. The molecule has 0 saturated carbocycles. The maximum absolute atomic E-state index is 10.9. The highest BCUT2D eigenvalue weighted by molar-refractivity contribution is 7.10. The average molecular weight is 206 g/mol. The van der Waals surface area contributed by atoms with Crippen LogP contribution in [0.2, 0.25) is 5.15 Å². The van der Waals surface area contributed by atoms with Gasteiger partial charge in [0.05, 0.1) is 13.0 Å². The van der Waals surface area contributed by atoms with Crippen molar-refractivity contribution in [2.24, 2.45) is 0 Å². The zero-order chi connectivity index (χ0) is 8.97. The minimum atomic E-state index is -0.261. The molecule has 66 valence electrons. The zero-order valence-corrected chi connectivity index (χ0v) is 8.11. The number of thiazole rings is 1. The van der Waals surface area contributed by atoms with Gasteiger partial charge in [-0.1, -0.05) is 11.6 Å². The molecule has 0 unspecified atom stereocenters. The number of carbonyl (C=O) groups excluding carboxylic acids is 1. The summed E-state index contributed by atoms with van der Waals surface area (Å²) in [5.74, 6) is -0.261. The highest BCUT2D eigenvalue weighted by Crippen LogP contribution is 2.14. The fraction of sp³-hybridized carbons (Fsp3) is 0.429. The average Bonchev–Trinajstić information content (AvgIpc) is 2.36. The largest absolute Gasteiger partial charge is 0.466 e. The van der Waals surface area contributed by atoms with E-state index in [9.17, 15) is 4.79 Å². The predicted octanol–water partition coefficient (Wildman–Crippen LogP) is 1.90. The molecule has 0 fully saturated rings. The molecular formula is C7H8ClNO2S. The highest BCUT2D eigenvalue weighted by Gasteiger charge is 2.06. The van der Waals surface area contributed by atoms with Gasteiger partial charge in [0.15, 0.2) is 0 Å². The molecule has 0 aliphatic heterocycles. The first-order valence-electron chi connectivity index (χ1n) is 3.48. The Morgan fingerprint density at radius 3 is 3.08 bits per heavy atom. The maximum Gasteiger partial charge on any atom is 0.312 e. The van der Waals surface area contributed by atoms with E-state index in [2.05, 4.69) is 4.98 Å². The van der Waals surface area contributed by atoms with Gasteiger partial charge in [-0.2, -0.15) is 0 Å². The van der Waals surface area contributed by atoms with Crippen molar-refractivity contribution in [1.82, 2.24) is 4.98 Å². The number of hydrogen-bond acceptors (Lipinski definition) is 4. The van der Waals surface area contributed by atoms with Crippen molar-refractivity contribution < 1.29 is 9.53 Å². The Labute approximate surface area is 79.3 Å². The van der Waals surface area contributed by atoms with Crippen LogP contribution in [0.3, 0.4) is 0 Å². The third-order valence-electron chi connectivity index (χ3n) is 1.12. The molecular weight excluding hydrogens is 198 g/mol. The van der Waals surface area contributed by atoms with Crippen LogP contribution in [0.25, 0.3) is 0 Å². The van der Waals surface area contributed by atoms with E-state index in [4.69, 9.17) is 16.3 Å². The molecule has 0 atom stereocenters. The Bertz CT molecular complexity index is 274. The molecule has 1 heterocycles. The number of halogens is 1. The third kappa shape index (κ3) is 2.79. The van der Waals surface area contributed by atoms with Gasteiger partial charge in [-0.05, 0) is 6.92 Å². The van der Waals surface area contributed by atoms with E-state index in [1.807, 2.05) is 0 Å². The summed E-state index contributed by atoms with van der Waals surface area (Å²) in [6.45, 7) is 2.17. The van der Waals surface area contributed by atoms with E-state index in [0.717, 1.165) is 0 Å². The second kappa shape index (κ2) is 4.42. The Hall–Kier alpha value is -0.610. The Morgan fingerprint density at radius 1 is 1.83 bits per heavy atom. The fourth-order valence-corrected chi connectivity index (χ4v) is 1.63. The summed E-state index contributed by atoms with van der Waals surface area (Å²) in [5, 5.41) is 2.81. The smallest absolute Gasteiger partial charge is 0.312 e. The lowest BCUT2D eigenvalue weighted by atomic mass is 10.4. The van der Waals surface area contributed by atoms with E-state index < -0.39 is 0 Å². The van der Waals surface area contributed by atoms with E-state index in [1.54, 1.807) is 12.3 Å². The summed E-state index contributed by atoms with van der Waals surface area (Å²) in [7, 11) is 0. The predicted molar refractivity (Wildman–Crippen MR) is 47.5 cm³/mol. The van der Waals surface area contributed by atoms with E-state index >= 15 is 0 Å². The summed E-state index contributed by atoms with van der Waals surface area (Å²) in [6, 6.07) is 0. The topological polar surface area (TPSA) is 39.2 Å². The van der Waals surface area contributed by atoms with Gasteiger partial charge in [-0.3, -0.25) is 4.79 Å². The minimum absolute atomic E-state index is 0.214. The number of rotatable bonds is 3. The van der Waals surface area contributed by atoms with Gasteiger partial charge in [0.2, 0.25) is 0 Å². The maximum atomic E-state index is 10.9. The molecule has 5 heteroatoms. The van der Waals surface area contributed by atoms with Crippen molar-refractivity contribution in [1.29, 1.82) is 0 Å². The van der Waals surface area contributed by atoms with Crippen LogP contribution >= 0.6 is 22.9 Å². The lowest BCUT2D eigenvalue weighted by molar-refractivity contribution is -0.142. The number of esters is 1. The lowest BCUT2D eigenvalue weighted by Gasteiger charge is -1.97. The highest BCUT2D eigenvalue weighted by atomic mass is 35.5. The molecule has 0 radical (unpaired) electrons. The third-order valence-corrected chi connectivity index (χ3v) is 2.30. The van der Waals surface area contributed by atoms with Crippen LogP contribution in [-0.4, -0.2) is 17.6 Å². The van der Waals surface area contributed by atoms with Crippen LogP contribution in [-0.2, 0) is 16.0 Å². The van der Waals surface area contributed by atoms with Gasteiger partial charge in [-0.25, -0.2) is 4.98 Å². The standard InChI is InChI=1S/C7H8ClNO2S/c1-2-11-7(10)3-6-9-5(8)4-12-6/h4H,2-3H2,1H3. The Kier molecular flexibility index (Phi) is 3.49. The number of aromatic nitrogens is 1. The van der Waals surface area contributed by atoms with Gasteiger partial charge in [0.1, 0.15) is 10.2 Å². The minimum Gasteiger partial charge on any atom is -0.466 e. The first-order valence-corrected chi connectivity index (χ1v) is 4.73. The van der Waals surface area contributed by atoms with E-state index in [-0.39, 0.29) is 12.4 Å². The summed E-state index contributed by atoms with van der Waals surface area (Å²) in [4.78, 5) is 14.8. The van der Waals surface area contributed by atoms with E-state index in [0.29, 0.717) is 16.8 Å². The molecule has 0 aromatic carbocycles. The second-order valence-electron chi connectivity index (χ2n) is 2.05. The van der Waals surface area contributed by atoms with Gasteiger partial charge in [0.25, 0.3) is 0 Å². The van der Waals surface area contributed by atoms with Gasteiger partial charge < -0.3 is 4.74 Å².